The second-order valence-electron chi connectivity index (χ2n) is 4.57. The molecule has 1 saturated carbocycles. The van der Waals surface area contributed by atoms with Crippen molar-refractivity contribution in [3.63, 3.8) is 0 Å². The Morgan fingerprint density at radius 3 is 3.08 bits per heavy atom. The van der Waals surface area contributed by atoms with Crippen LogP contribution in [0.5, 0.6) is 0 Å². The smallest absolute Gasteiger partial charge is 0.133 e. The molecule has 0 bridgehead atoms. The highest BCUT2D eigenvalue weighted by Crippen LogP contribution is 2.46. The van der Waals surface area contributed by atoms with Crippen molar-refractivity contribution in [1.82, 2.24) is 0 Å². The van der Waals surface area contributed by atoms with Gasteiger partial charge >= 0.3 is 0 Å². The maximum atomic E-state index is 11.4. The molecule has 1 heteroatoms. The van der Waals surface area contributed by atoms with Crippen LogP contribution in [0.3, 0.4) is 0 Å². The number of allylic oxidation sites excluding steroid dienone is 4. The van der Waals surface area contributed by atoms with Crippen LogP contribution >= 0.6 is 0 Å². The van der Waals surface area contributed by atoms with Crippen LogP contribution in [0, 0.1) is 11.3 Å². The lowest BCUT2D eigenvalue weighted by atomic mass is 9.63. The van der Waals surface area contributed by atoms with E-state index < -0.39 is 0 Å². The summed E-state index contributed by atoms with van der Waals surface area (Å²) < 4.78 is 0. The van der Waals surface area contributed by atoms with Gasteiger partial charge < -0.3 is 0 Å². The second-order valence-corrected chi connectivity index (χ2v) is 4.57. The molecular formula is C12H16O. The van der Waals surface area contributed by atoms with Gasteiger partial charge in [0.15, 0.2) is 0 Å². The Bertz CT molecular complexity index is 298. The molecule has 13 heavy (non-hydrogen) atoms. The van der Waals surface area contributed by atoms with Gasteiger partial charge in [-0.25, -0.2) is 0 Å². The molecule has 0 aromatic heterocycles. The minimum atomic E-state index is 0.257. The van der Waals surface area contributed by atoms with Gasteiger partial charge in [-0.1, -0.05) is 30.7 Å². The van der Waals surface area contributed by atoms with E-state index in [1.165, 1.54) is 5.57 Å². The molecule has 0 aromatic carbocycles. The van der Waals surface area contributed by atoms with E-state index in [9.17, 15) is 4.79 Å². The summed E-state index contributed by atoms with van der Waals surface area (Å²) in [6, 6.07) is 0. The number of Topliss-reactive ketones (excluding diaryl/α,β-unsaturated/α-hetero) is 1. The molecule has 0 radical (unpaired) electrons. The van der Waals surface area contributed by atoms with Crippen LogP contribution in [0.1, 0.15) is 33.1 Å². The average Bonchev–Trinajstić information content (AvgIpc) is 2.08. The van der Waals surface area contributed by atoms with E-state index in [0.717, 1.165) is 19.3 Å². The summed E-state index contributed by atoms with van der Waals surface area (Å²) in [5.74, 6) is 0.907. The lowest BCUT2D eigenvalue weighted by Gasteiger charge is -2.41. The summed E-state index contributed by atoms with van der Waals surface area (Å²) in [5, 5.41) is 0. The fraction of sp³-hybridized carbons (Fsp3) is 0.583. The van der Waals surface area contributed by atoms with Crippen LogP contribution in [-0.2, 0) is 4.79 Å². The summed E-state index contributed by atoms with van der Waals surface area (Å²) in [7, 11) is 0. The molecule has 0 spiro atoms. The number of rotatable bonds is 0. The molecule has 2 atom stereocenters. The lowest BCUT2D eigenvalue weighted by Crippen LogP contribution is -2.34. The largest absolute Gasteiger partial charge is 0.300 e. The Morgan fingerprint density at radius 1 is 1.54 bits per heavy atom. The van der Waals surface area contributed by atoms with Crippen LogP contribution < -0.4 is 0 Å². The van der Waals surface area contributed by atoms with E-state index in [0.29, 0.717) is 11.7 Å². The summed E-state index contributed by atoms with van der Waals surface area (Å²) in [5.41, 5.74) is 1.63. The first-order chi connectivity index (χ1) is 6.12. The maximum Gasteiger partial charge on any atom is 0.133 e. The third-order valence-corrected chi connectivity index (χ3v) is 3.56. The Balaban J connectivity index is 2.31. The van der Waals surface area contributed by atoms with Crippen LogP contribution in [0.4, 0.5) is 0 Å². The highest BCUT2D eigenvalue weighted by Gasteiger charge is 2.39. The molecular weight excluding hydrogens is 160 g/mol. The monoisotopic (exact) mass is 176 g/mol. The highest BCUT2D eigenvalue weighted by molar-refractivity contribution is 5.80. The molecule has 1 fully saturated rings. The van der Waals surface area contributed by atoms with Crippen molar-refractivity contribution in [3.8, 4) is 0 Å². The van der Waals surface area contributed by atoms with Crippen LogP contribution in [0.15, 0.2) is 23.8 Å². The predicted octanol–water partition coefficient (Wildman–Crippen LogP) is 2.88. The van der Waals surface area contributed by atoms with Crippen LogP contribution in [-0.4, -0.2) is 5.78 Å². The normalized spacial score (nSPS) is 38.5. The first-order valence-corrected chi connectivity index (χ1v) is 4.99. The Morgan fingerprint density at radius 2 is 2.31 bits per heavy atom. The minimum absolute atomic E-state index is 0.257. The summed E-state index contributed by atoms with van der Waals surface area (Å²) in [6.45, 7) is 4.42. The van der Waals surface area contributed by atoms with Gasteiger partial charge in [0.1, 0.15) is 5.78 Å². The van der Waals surface area contributed by atoms with Crippen molar-refractivity contribution >= 4 is 5.78 Å². The number of carbonyl (C=O) groups is 1. The minimum Gasteiger partial charge on any atom is -0.300 e. The molecule has 2 rings (SSSR count). The number of ketones is 1. The average molecular weight is 176 g/mol. The summed E-state index contributed by atoms with van der Waals surface area (Å²) in [6.07, 6.45) is 9.11. The molecule has 0 aromatic rings. The van der Waals surface area contributed by atoms with E-state index in [2.05, 4.69) is 32.1 Å². The third kappa shape index (κ3) is 1.37. The zero-order chi connectivity index (χ0) is 9.47. The van der Waals surface area contributed by atoms with Gasteiger partial charge in [0.2, 0.25) is 0 Å². The van der Waals surface area contributed by atoms with Gasteiger partial charge in [-0.3, -0.25) is 4.79 Å². The van der Waals surface area contributed by atoms with Crippen molar-refractivity contribution < 1.29 is 4.79 Å². The standard InChI is InChI=1S/C12H16O/c1-9-4-3-6-12(2)7-5-10(13)8-11(9)12/h3-4,6,11H,5,7-8H2,1-2H3/t11-,12-/m1/s1. The SMILES string of the molecule is CC1=CC=C[C@]2(C)CCC(=O)C[C@H]12. The van der Waals surface area contributed by atoms with Gasteiger partial charge in [0.05, 0.1) is 0 Å². The topological polar surface area (TPSA) is 17.1 Å². The Kier molecular flexibility index (Phi) is 1.90. The highest BCUT2D eigenvalue weighted by atomic mass is 16.1. The summed E-state index contributed by atoms with van der Waals surface area (Å²) >= 11 is 0. The number of hydrogen-bond acceptors (Lipinski definition) is 1. The first-order valence-electron chi connectivity index (χ1n) is 4.99. The van der Waals surface area contributed by atoms with Gasteiger partial charge in [-0.2, -0.15) is 0 Å². The van der Waals surface area contributed by atoms with E-state index >= 15 is 0 Å². The van der Waals surface area contributed by atoms with Gasteiger partial charge in [-0.05, 0) is 24.7 Å². The molecule has 2 aliphatic carbocycles. The van der Waals surface area contributed by atoms with Gasteiger partial charge in [-0.15, -0.1) is 0 Å². The Labute approximate surface area is 79.5 Å². The van der Waals surface area contributed by atoms with Crippen LogP contribution in [0.25, 0.3) is 0 Å². The molecule has 2 aliphatic rings. The fourth-order valence-electron chi connectivity index (χ4n) is 2.56. The van der Waals surface area contributed by atoms with Crippen molar-refractivity contribution in [1.29, 1.82) is 0 Å². The molecule has 70 valence electrons. The van der Waals surface area contributed by atoms with Crippen molar-refractivity contribution in [2.45, 2.75) is 33.1 Å². The molecule has 0 amide bonds. The van der Waals surface area contributed by atoms with Crippen molar-refractivity contribution in [2.24, 2.45) is 11.3 Å². The molecule has 0 unspecified atom stereocenters. The van der Waals surface area contributed by atoms with Gasteiger partial charge in [0.25, 0.3) is 0 Å². The number of fused-ring (bicyclic) bond motifs is 1. The number of carbonyl (C=O) groups excluding carboxylic acids is 1. The molecule has 0 N–H and O–H groups in total. The molecule has 1 nitrogen and oxygen atoms in total. The zero-order valence-electron chi connectivity index (χ0n) is 8.34. The second kappa shape index (κ2) is 2.83. The van der Waals surface area contributed by atoms with Crippen molar-refractivity contribution in [2.75, 3.05) is 0 Å². The summed E-state index contributed by atoms with van der Waals surface area (Å²) in [4.78, 5) is 11.4. The first kappa shape index (κ1) is 8.74. The fourth-order valence-corrected chi connectivity index (χ4v) is 2.56. The number of hydrogen-bond donors (Lipinski definition) is 0. The zero-order valence-corrected chi connectivity index (χ0v) is 8.34. The Hall–Kier alpha value is -0.850. The maximum absolute atomic E-state index is 11.4. The van der Waals surface area contributed by atoms with Crippen LogP contribution in [0.2, 0.25) is 0 Å². The molecule has 0 saturated heterocycles. The van der Waals surface area contributed by atoms with Crippen molar-refractivity contribution in [3.05, 3.63) is 23.8 Å². The van der Waals surface area contributed by atoms with Gasteiger partial charge in [0, 0.05) is 12.8 Å². The van der Waals surface area contributed by atoms with E-state index in [1.807, 2.05) is 0 Å². The third-order valence-electron chi connectivity index (χ3n) is 3.56. The van der Waals surface area contributed by atoms with E-state index in [4.69, 9.17) is 0 Å². The predicted molar refractivity (Wildman–Crippen MR) is 53.4 cm³/mol. The van der Waals surface area contributed by atoms with E-state index in [-0.39, 0.29) is 5.41 Å². The lowest BCUT2D eigenvalue weighted by molar-refractivity contribution is -0.123. The molecule has 0 heterocycles. The molecule has 0 aliphatic heterocycles. The quantitative estimate of drug-likeness (QED) is 0.554. The van der Waals surface area contributed by atoms with E-state index in [1.54, 1.807) is 0 Å².